The van der Waals surface area contributed by atoms with E-state index >= 15 is 0 Å². The molecule has 0 aliphatic carbocycles. The van der Waals surface area contributed by atoms with Gasteiger partial charge in [-0.3, -0.25) is 14.9 Å². The Bertz CT molecular complexity index is 258. The van der Waals surface area contributed by atoms with Gasteiger partial charge in [-0.05, 0) is 6.42 Å². The fraction of sp³-hybridized carbons (Fsp3) is 0.556. The number of amides is 2. The van der Waals surface area contributed by atoms with E-state index in [0.717, 1.165) is 12.8 Å². The van der Waals surface area contributed by atoms with Crippen molar-refractivity contribution >= 4 is 11.8 Å². The van der Waals surface area contributed by atoms with Crippen LogP contribution in [0.5, 0.6) is 0 Å². The molecule has 0 saturated heterocycles. The molecule has 0 radical (unpaired) electrons. The minimum absolute atomic E-state index is 0.253. The number of carbonyl (C=O) groups excluding carboxylic acids is 2. The molecule has 1 aliphatic heterocycles. The first kappa shape index (κ1) is 9.92. The third-order valence-corrected chi connectivity index (χ3v) is 1.97. The van der Waals surface area contributed by atoms with E-state index in [2.05, 4.69) is 5.32 Å². The van der Waals surface area contributed by atoms with Gasteiger partial charge in [0.15, 0.2) is 0 Å². The summed E-state index contributed by atoms with van der Waals surface area (Å²) in [5, 5.41) is 2.19. The molecule has 1 atom stereocenters. The van der Waals surface area contributed by atoms with Gasteiger partial charge in [-0.1, -0.05) is 13.3 Å². The summed E-state index contributed by atoms with van der Waals surface area (Å²) in [6.45, 7) is 2.00. The largest absolute Gasteiger partial charge is 0.377 e. The van der Waals surface area contributed by atoms with Crippen LogP contribution >= 0.6 is 0 Å². The molecule has 0 aromatic carbocycles. The number of hydrogen-bond donors (Lipinski definition) is 1. The van der Waals surface area contributed by atoms with Crippen LogP contribution in [0.25, 0.3) is 0 Å². The summed E-state index contributed by atoms with van der Waals surface area (Å²) in [5.41, 5.74) is 0.439. The quantitative estimate of drug-likeness (QED) is 0.641. The van der Waals surface area contributed by atoms with Crippen molar-refractivity contribution in [1.82, 2.24) is 5.32 Å². The molecule has 0 aromatic heterocycles. The predicted octanol–water partition coefficient (Wildman–Crippen LogP) is 0.384. The van der Waals surface area contributed by atoms with E-state index in [0.29, 0.717) is 5.57 Å². The highest BCUT2D eigenvalue weighted by Crippen LogP contribution is 2.15. The summed E-state index contributed by atoms with van der Waals surface area (Å²) < 4.78 is 5.11. The minimum Gasteiger partial charge on any atom is -0.377 e. The summed E-state index contributed by atoms with van der Waals surface area (Å²) in [6.07, 6.45) is 2.73. The van der Waals surface area contributed by atoms with Crippen molar-refractivity contribution in [2.45, 2.75) is 25.9 Å². The highest BCUT2D eigenvalue weighted by atomic mass is 16.5. The molecule has 4 nitrogen and oxygen atoms in total. The van der Waals surface area contributed by atoms with Crippen LogP contribution in [0.2, 0.25) is 0 Å². The van der Waals surface area contributed by atoms with Gasteiger partial charge in [-0.15, -0.1) is 0 Å². The molecule has 2 amide bonds. The van der Waals surface area contributed by atoms with Crippen molar-refractivity contribution in [3.8, 4) is 0 Å². The Labute approximate surface area is 76.9 Å². The highest BCUT2D eigenvalue weighted by molar-refractivity contribution is 6.16. The topological polar surface area (TPSA) is 55.4 Å². The van der Waals surface area contributed by atoms with Gasteiger partial charge in [0, 0.05) is 13.2 Å². The molecule has 0 fully saturated rings. The molecule has 1 rings (SSSR count). The number of imide groups is 1. The summed E-state index contributed by atoms with van der Waals surface area (Å²) in [7, 11) is 1.54. The molecule has 1 heterocycles. The molecule has 0 spiro atoms. The highest BCUT2D eigenvalue weighted by Gasteiger charge is 2.27. The monoisotopic (exact) mass is 183 g/mol. The number of methoxy groups -OCH3 is 1. The number of ether oxygens (including phenoxy) is 1. The van der Waals surface area contributed by atoms with Crippen LogP contribution in [0.4, 0.5) is 0 Å². The second-order valence-electron chi connectivity index (χ2n) is 2.93. The minimum atomic E-state index is -0.349. The second kappa shape index (κ2) is 4.18. The van der Waals surface area contributed by atoms with E-state index in [1.807, 2.05) is 6.92 Å². The van der Waals surface area contributed by atoms with E-state index in [4.69, 9.17) is 4.74 Å². The fourth-order valence-corrected chi connectivity index (χ4v) is 1.33. The average Bonchev–Trinajstić information content (AvgIpc) is 2.41. The molecule has 72 valence electrons. The van der Waals surface area contributed by atoms with Crippen LogP contribution in [0.3, 0.4) is 0 Å². The van der Waals surface area contributed by atoms with Crippen molar-refractivity contribution in [3.63, 3.8) is 0 Å². The zero-order valence-corrected chi connectivity index (χ0v) is 7.79. The van der Waals surface area contributed by atoms with Gasteiger partial charge in [-0.2, -0.15) is 0 Å². The standard InChI is InChI=1S/C9H13NO3/c1-3-4-7(13-2)6-5-8(11)10-9(6)12/h5,7H,3-4H2,1-2H3,(H,10,11,12). The van der Waals surface area contributed by atoms with Gasteiger partial charge in [-0.25, -0.2) is 0 Å². The zero-order chi connectivity index (χ0) is 9.84. The van der Waals surface area contributed by atoms with Crippen LogP contribution in [-0.2, 0) is 14.3 Å². The first-order valence-corrected chi connectivity index (χ1v) is 4.28. The van der Waals surface area contributed by atoms with E-state index in [-0.39, 0.29) is 17.9 Å². The SMILES string of the molecule is CCCC(OC)C1=CC(=O)NC1=O. The van der Waals surface area contributed by atoms with Crippen LogP contribution in [0.15, 0.2) is 11.6 Å². The third-order valence-electron chi connectivity index (χ3n) is 1.97. The maximum Gasteiger partial charge on any atom is 0.256 e. The lowest BCUT2D eigenvalue weighted by Crippen LogP contribution is -2.26. The molecular weight excluding hydrogens is 170 g/mol. The molecule has 0 aromatic rings. The summed E-state index contributed by atoms with van der Waals surface area (Å²) in [6, 6.07) is 0. The van der Waals surface area contributed by atoms with Gasteiger partial charge in [0.05, 0.1) is 11.7 Å². The van der Waals surface area contributed by atoms with Crippen molar-refractivity contribution in [2.75, 3.05) is 7.11 Å². The van der Waals surface area contributed by atoms with E-state index in [1.165, 1.54) is 13.2 Å². The first-order chi connectivity index (χ1) is 6.19. The third kappa shape index (κ3) is 2.15. The van der Waals surface area contributed by atoms with Crippen molar-refractivity contribution in [2.24, 2.45) is 0 Å². The Morgan fingerprint density at radius 1 is 1.54 bits per heavy atom. The van der Waals surface area contributed by atoms with Gasteiger partial charge in [0.2, 0.25) is 0 Å². The smallest absolute Gasteiger partial charge is 0.256 e. The normalized spacial score (nSPS) is 18.5. The number of rotatable bonds is 4. The lowest BCUT2D eigenvalue weighted by molar-refractivity contribution is -0.124. The van der Waals surface area contributed by atoms with E-state index in [9.17, 15) is 9.59 Å². The zero-order valence-electron chi connectivity index (χ0n) is 7.79. The maximum absolute atomic E-state index is 11.2. The van der Waals surface area contributed by atoms with E-state index in [1.54, 1.807) is 0 Å². The molecule has 13 heavy (non-hydrogen) atoms. The Morgan fingerprint density at radius 3 is 2.62 bits per heavy atom. The van der Waals surface area contributed by atoms with E-state index < -0.39 is 0 Å². The predicted molar refractivity (Wildman–Crippen MR) is 46.9 cm³/mol. The van der Waals surface area contributed by atoms with Crippen LogP contribution < -0.4 is 5.32 Å². The Morgan fingerprint density at radius 2 is 2.23 bits per heavy atom. The molecule has 1 aliphatic rings. The maximum atomic E-state index is 11.2. The van der Waals surface area contributed by atoms with Gasteiger partial charge < -0.3 is 4.74 Å². The van der Waals surface area contributed by atoms with Crippen molar-refractivity contribution in [1.29, 1.82) is 0 Å². The van der Waals surface area contributed by atoms with Crippen molar-refractivity contribution < 1.29 is 14.3 Å². The summed E-state index contributed by atoms with van der Waals surface area (Å²) in [4.78, 5) is 22.0. The number of carbonyl (C=O) groups is 2. The molecule has 0 bridgehead atoms. The lowest BCUT2D eigenvalue weighted by Gasteiger charge is -2.13. The average molecular weight is 183 g/mol. The molecule has 1 N–H and O–H groups in total. The number of hydrogen-bond acceptors (Lipinski definition) is 3. The first-order valence-electron chi connectivity index (χ1n) is 4.28. The fourth-order valence-electron chi connectivity index (χ4n) is 1.33. The van der Waals surface area contributed by atoms with Crippen molar-refractivity contribution in [3.05, 3.63) is 11.6 Å². The lowest BCUT2D eigenvalue weighted by atomic mass is 10.1. The van der Waals surface area contributed by atoms with Crippen LogP contribution in [-0.4, -0.2) is 25.0 Å². The second-order valence-corrected chi connectivity index (χ2v) is 2.93. The molecule has 0 saturated carbocycles. The van der Waals surface area contributed by atoms with Gasteiger partial charge >= 0.3 is 0 Å². The van der Waals surface area contributed by atoms with Crippen LogP contribution in [0.1, 0.15) is 19.8 Å². The Kier molecular flexibility index (Phi) is 3.19. The Balaban J connectivity index is 2.73. The summed E-state index contributed by atoms with van der Waals surface area (Å²) >= 11 is 0. The summed E-state index contributed by atoms with van der Waals surface area (Å²) in [5.74, 6) is -0.677. The molecule has 4 heteroatoms. The number of nitrogens with one attached hydrogen (secondary N) is 1. The molecule has 1 unspecified atom stereocenters. The Hall–Kier alpha value is -1.16. The molecular formula is C9H13NO3. The van der Waals surface area contributed by atoms with Gasteiger partial charge in [0.1, 0.15) is 0 Å². The van der Waals surface area contributed by atoms with Crippen LogP contribution in [0, 0.1) is 0 Å². The van der Waals surface area contributed by atoms with Gasteiger partial charge in [0.25, 0.3) is 11.8 Å².